The minimum atomic E-state index is -0.465. The molecule has 6 N–H and O–H groups in total. The van der Waals surface area contributed by atoms with Gasteiger partial charge in [-0.25, -0.2) is 0 Å². The molecule has 2 aromatic heterocycles. The number of aromatic nitrogens is 2. The number of fused-ring (bicyclic) bond motifs is 2. The molecule has 0 saturated heterocycles. The van der Waals surface area contributed by atoms with Gasteiger partial charge in [0, 0.05) is 54.2 Å². The first-order valence-corrected chi connectivity index (χ1v) is 14.9. The van der Waals surface area contributed by atoms with Crippen LogP contribution >= 0.6 is 11.6 Å². The zero-order valence-electron chi connectivity index (χ0n) is 24.9. The zero-order valence-corrected chi connectivity index (χ0v) is 25.6. The van der Waals surface area contributed by atoms with Gasteiger partial charge in [0.25, 0.3) is 5.56 Å². The van der Waals surface area contributed by atoms with Crippen LogP contribution in [0.5, 0.6) is 0 Å². The molecule has 2 heterocycles. The number of hydrogen-bond acceptors (Lipinski definition) is 8. The lowest BCUT2D eigenvalue weighted by Crippen LogP contribution is -2.65. The van der Waals surface area contributed by atoms with Crippen molar-refractivity contribution in [3.8, 4) is 6.07 Å². The van der Waals surface area contributed by atoms with E-state index in [1.165, 1.54) is 19.3 Å². The van der Waals surface area contributed by atoms with E-state index >= 15 is 0 Å². The van der Waals surface area contributed by atoms with E-state index in [1.807, 2.05) is 42.6 Å². The number of aryl methyl sites for hydroxylation is 1. The molecule has 0 spiro atoms. The molecule has 2 bridgehead atoms. The van der Waals surface area contributed by atoms with E-state index in [0.717, 1.165) is 22.3 Å². The van der Waals surface area contributed by atoms with Crippen LogP contribution in [0.2, 0.25) is 5.02 Å². The van der Waals surface area contributed by atoms with E-state index in [-0.39, 0.29) is 16.5 Å². The van der Waals surface area contributed by atoms with E-state index in [1.54, 1.807) is 24.0 Å². The highest BCUT2D eigenvalue weighted by molar-refractivity contribution is 6.35. The molecule has 4 aromatic rings. The normalized spacial score (nSPS) is 20.1. The molecular weight excluding hydrogens is 560 g/mol. The number of nitriles is 1. The Morgan fingerprint density at radius 1 is 1.23 bits per heavy atom. The van der Waals surface area contributed by atoms with Crippen molar-refractivity contribution in [2.45, 2.75) is 51.6 Å². The molecule has 3 aliphatic rings. The molecular formula is C33H37ClN8O. The second-order valence-corrected chi connectivity index (χ2v) is 13.6. The second-order valence-electron chi connectivity index (χ2n) is 13.2. The minimum Gasteiger partial charge on any atom is -0.384 e. The SMILES string of the molecule is Cn1ccc2c([C@H](Nc3cc(Cl)c4ncc(C#N)c(NCC(C)(C)C)c4c3)/C(=C/NC34CC(C3)C4)NN)cccc2c1=O. The predicted molar refractivity (Wildman–Crippen MR) is 174 cm³/mol. The zero-order chi connectivity index (χ0) is 30.5. The standard InChI is InChI=1S/C33H37ClN8O/c1-32(2,3)18-38-28-20(15-35)16-37-29-25(28)10-21(11-26(29)34)40-30(27(41-36)17-39-33-12-19(13-33)14-33)23-6-5-7-24-22(23)8-9-42(4)31(24)43/h5-11,16-17,19,30,39-41H,12-14,18,36H2,1-4H3,(H,37,38)/b27-17-/t19?,30-,33?/m0/s1. The molecule has 222 valence electrons. The van der Waals surface area contributed by atoms with Crippen molar-refractivity contribution in [2.75, 3.05) is 17.2 Å². The number of nitrogens with zero attached hydrogens (tertiary/aromatic N) is 3. The van der Waals surface area contributed by atoms with Gasteiger partial charge >= 0.3 is 0 Å². The minimum absolute atomic E-state index is 0.0155. The van der Waals surface area contributed by atoms with Crippen molar-refractivity contribution in [3.05, 3.63) is 87.2 Å². The highest BCUT2D eigenvalue weighted by atomic mass is 35.5. The maximum absolute atomic E-state index is 13.0. The van der Waals surface area contributed by atoms with E-state index in [2.05, 4.69) is 53.2 Å². The summed E-state index contributed by atoms with van der Waals surface area (Å²) in [7, 11) is 1.75. The average Bonchev–Trinajstić information content (AvgIpc) is 2.92. The Morgan fingerprint density at radius 3 is 2.65 bits per heavy atom. The van der Waals surface area contributed by atoms with Gasteiger partial charge in [0.2, 0.25) is 0 Å². The van der Waals surface area contributed by atoms with E-state index in [9.17, 15) is 10.1 Å². The Hall–Kier alpha value is -4.26. The topological polar surface area (TPSA) is 133 Å². The maximum atomic E-state index is 13.0. The first-order chi connectivity index (χ1) is 20.5. The third-order valence-electron chi connectivity index (χ3n) is 8.67. The summed E-state index contributed by atoms with van der Waals surface area (Å²) >= 11 is 6.82. The van der Waals surface area contributed by atoms with Gasteiger partial charge in [-0.3, -0.25) is 15.6 Å². The fourth-order valence-electron chi connectivity index (χ4n) is 6.21. The summed E-state index contributed by atoms with van der Waals surface area (Å²) in [4.78, 5) is 17.6. The summed E-state index contributed by atoms with van der Waals surface area (Å²) in [6.07, 6.45) is 8.80. The maximum Gasteiger partial charge on any atom is 0.258 e. The molecule has 3 fully saturated rings. The summed E-state index contributed by atoms with van der Waals surface area (Å²) in [5.74, 6) is 7.01. The molecule has 0 aliphatic heterocycles. The quantitative estimate of drug-likeness (QED) is 0.123. The molecule has 43 heavy (non-hydrogen) atoms. The van der Waals surface area contributed by atoms with Crippen molar-refractivity contribution in [1.82, 2.24) is 20.3 Å². The number of benzene rings is 2. The molecule has 0 unspecified atom stereocenters. The highest BCUT2D eigenvalue weighted by Crippen LogP contribution is 2.57. The first-order valence-electron chi connectivity index (χ1n) is 14.6. The van der Waals surface area contributed by atoms with Crippen LogP contribution in [0.4, 0.5) is 11.4 Å². The Kier molecular flexibility index (Phi) is 7.23. The monoisotopic (exact) mass is 596 g/mol. The van der Waals surface area contributed by atoms with Crippen LogP contribution in [0.3, 0.4) is 0 Å². The van der Waals surface area contributed by atoms with Gasteiger partial charge < -0.3 is 25.9 Å². The van der Waals surface area contributed by atoms with Crippen LogP contribution in [0.1, 0.15) is 57.2 Å². The molecule has 0 amide bonds. The van der Waals surface area contributed by atoms with Gasteiger partial charge in [-0.2, -0.15) is 5.26 Å². The van der Waals surface area contributed by atoms with Crippen LogP contribution in [0, 0.1) is 22.7 Å². The van der Waals surface area contributed by atoms with Gasteiger partial charge in [-0.1, -0.05) is 44.5 Å². The first kappa shape index (κ1) is 28.8. The molecule has 9 nitrogen and oxygen atoms in total. The number of anilines is 2. The molecule has 3 saturated carbocycles. The van der Waals surface area contributed by atoms with Crippen molar-refractivity contribution < 1.29 is 0 Å². The Morgan fingerprint density at radius 2 is 2.00 bits per heavy atom. The van der Waals surface area contributed by atoms with Crippen LogP contribution < -0.4 is 32.8 Å². The second kappa shape index (κ2) is 10.8. The van der Waals surface area contributed by atoms with Crippen LogP contribution in [-0.2, 0) is 7.05 Å². The van der Waals surface area contributed by atoms with Gasteiger partial charge in [0.05, 0.1) is 33.5 Å². The van der Waals surface area contributed by atoms with Gasteiger partial charge in [0.15, 0.2) is 0 Å². The number of nitrogens with one attached hydrogen (secondary N) is 4. The van der Waals surface area contributed by atoms with Gasteiger partial charge in [-0.05, 0) is 65.8 Å². The number of halogens is 1. The lowest BCUT2D eigenvalue weighted by atomic mass is 9.50. The van der Waals surface area contributed by atoms with Crippen molar-refractivity contribution >= 4 is 44.7 Å². The fraction of sp³-hybridized carbons (Fsp3) is 0.364. The predicted octanol–water partition coefficient (Wildman–Crippen LogP) is 5.67. The number of hydrogen-bond donors (Lipinski definition) is 5. The average molecular weight is 597 g/mol. The van der Waals surface area contributed by atoms with E-state index in [4.69, 9.17) is 17.4 Å². The summed E-state index contributed by atoms with van der Waals surface area (Å²) < 4.78 is 1.58. The summed E-state index contributed by atoms with van der Waals surface area (Å²) in [5, 5.41) is 23.3. The summed E-state index contributed by atoms with van der Waals surface area (Å²) in [6, 6.07) is 13.3. The molecule has 3 aliphatic carbocycles. The van der Waals surface area contributed by atoms with Crippen molar-refractivity contribution in [3.63, 3.8) is 0 Å². The van der Waals surface area contributed by atoms with Crippen LogP contribution in [0.15, 0.2) is 65.5 Å². The van der Waals surface area contributed by atoms with Crippen LogP contribution in [0.25, 0.3) is 21.7 Å². The van der Waals surface area contributed by atoms with E-state index < -0.39 is 6.04 Å². The summed E-state index contributed by atoms with van der Waals surface area (Å²) in [5.41, 5.74) is 7.02. The van der Waals surface area contributed by atoms with E-state index in [0.29, 0.717) is 45.1 Å². The van der Waals surface area contributed by atoms with Crippen molar-refractivity contribution in [2.24, 2.45) is 24.2 Å². The van der Waals surface area contributed by atoms with Crippen molar-refractivity contribution in [1.29, 1.82) is 5.26 Å². The number of hydrazine groups is 1. The molecule has 0 radical (unpaired) electrons. The largest absolute Gasteiger partial charge is 0.384 e. The highest BCUT2D eigenvalue weighted by Gasteiger charge is 2.56. The third kappa shape index (κ3) is 5.37. The third-order valence-corrected chi connectivity index (χ3v) is 8.96. The molecule has 7 rings (SSSR count). The van der Waals surface area contributed by atoms with Gasteiger partial charge in [-0.15, -0.1) is 0 Å². The lowest BCUT2D eigenvalue weighted by Gasteiger charge is -2.62. The fourth-order valence-corrected chi connectivity index (χ4v) is 6.48. The molecule has 1 atom stereocenters. The molecule has 10 heteroatoms. The Bertz CT molecular complexity index is 1850. The number of pyridine rings is 2. The van der Waals surface area contributed by atoms with Crippen LogP contribution in [-0.4, -0.2) is 21.6 Å². The Labute approximate surface area is 256 Å². The number of nitrogens with two attached hydrogens (primary N) is 1. The molecule has 2 aromatic carbocycles. The smallest absolute Gasteiger partial charge is 0.258 e. The lowest BCUT2D eigenvalue weighted by molar-refractivity contribution is -0.0402. The summed E-state index contributed by atoms with van der Waals surface area (Å²) in [6.45, 7) is 7.05. The number of rotatable bonds is 9. The Balaban J connectivity index is 1.47. The van der Waals surface area contributed by atoms with Gasteiger partial charge in [0.1, 0.15) is 6.07 Å².